The van der Waals surface area contributed by atoms with Crippen molar-refractivity contribution in [3.05, 3.63) is 35.6 Å². The second kappa shape index (κ2) is 3.89. The Morgan fingerprint density at radius 2 is 2.07 bits per heavy atom. The number of benzene rings is 1. The molecule has 78 valence electrons. The van der Waals surface area contributed by atoms with Crippen LogP contribution in [0.3, 0.4) is 0 Å². The molecular weight excluding hydrogens is 188 g/mol. The largest absolute Gasteiger partial charge is 0.461 e. The lowest BCUT2D eigenvalue weighted by atomic mass is 10.0. The number of carbonyl (C=O) groups is 1. The molecule has 0 N–H and O–H groups in total. The van der Waals surface area contributed by atoms with E-state index in [0.29, 0.717) is 6.42 Å². The smallest absolute Gasteiger partial charge is 0.166 e. The molecule has 0 aliphatic heterocycles. The molecular formula is C13H14O2. The highest BCUT2D eigenvalue weighted by Gasteiger charge is 2.16. The van der Waals surface area contributed by atoms with Gasteiger partial charge in [-0.2, -0.15) is 0 Å². The van der Waals surface area contributed by atoms with E-state index in [9.17, 15) is 4.79 Å². The molecule has 15 heavy (non-hydrogen) atoms. The van der Waals surface area contributed by atoms with Gasteiger partial charge in [-0.25, -0.2) is 0 Å². The molecule has 1 heterocycles. The van der Waals surface area contributed by atoms with E-state index in [2.05, 4.69) is 0 Å². The van der Waals surface area contributed by atoms with Crippen LogP contribution >= 0.6 is 0 Å². The van der Waals surface area contributed by atoms with Crippen molar-refractivity contribution < 1.29 is 9.21 Å². The second-order valence-electron chi connectivity index (χ2n) is 3.70. The highest BCUT2D eigenvalue weighted by molar-refractivity contribution is 6.08. The van der Waals surface area contributed by atoms with Gasteiger partial charge in [-0.3, -0.25) is 4.79 Å². The summed E-state index contributed by atoms with van der Waals surface area (Å²) in [6.07, 6.45) is 1.46. The third-order valence-corrected chi connectivity index (χ3v) is 2.53. The summed E-state index contributed by atoms with van der Waals surface area (Å²) in [4.78, 5) is 11.9. The van der Waals surface area contributed by atoms with Gasteiger partial charge in [0.1, 0.15) is 11.3 Å². The summed E-state index contributed by atoms with van der Waals surface area (Å²) in [5, 5.41) is 0.938. The third kappa shape index (κ3) is 1.67. The molecule has 1 aromatic carbocycles. The standard InChI is InChI=1S/C13H14O2/c1-3-6-11(14)13-9(2)15-12-8-5-4-7-10(12)13/h4-5,7-8H,3,6H2,1-2H3. The van der Waals surface area contributed by atoms with Gasteiger partial charge < -0.3 is 4.42 Å². The van der Waals surface area contributed by atoms with Crippen LogP contribution in [0.5, 0.6) is 0 Å². The summed E-state index contributed by atoms with van der Waals surface area (Å²) >= 11 is 0. The van der Waals surface area contributed by atoms with Gasteiger partial charge in [-0.05, 0) is 19.4 Å². The van der Waals surface area contributed by atoms with Crippen molar-refractivity contribution in [2.75, 3.05) is 0 Å². The van der Waals surface area contributed by atoms with Crippen molar-refractivity contribution in [2.24, 2.45) is 0 Å². The zero-order valence-electron chi connectivity index (χ0n) is 9.04. The Kier molecular flexibility index (Phi) is 2.58. The van der Waals surface area contributed by atoms with Crippen molar-refractivity contribution in [1.29, 1.82) is 0 Å². The molecule has 0 saturated heterocycles. The molecule has 0 aliphatic carbocycles. The van der Waals surface area contributed by atoms with Crippen LogP contribution in [-0.4, -0.2) is 5.78 Å². The van der Waals surface area contributed by atoms with E-state index in [1.54, 1.807) is 0 Å². The van der Waals surface area contributed by atoms with Gasteiger partial charge in [0.2, 0.25) is 0 Å². The second-order valence-corrected chi connectivity index (χ2v) is 3.70. The SMILES string of the molecule is CCCC(=O)c1c(C)oc2ccccc12. The first-order chi connectivity index (χ1) is 7.24. The fraction of sp³-hybridized carbons (Fsp3) is 0.308. The van der Waals surface area contributed by atoms with Gasteiger partial charge >= 0.3 is 0 Å². The topological polar surface area (TPSA) is 30.2 Å². The first-order valence-corrected chi connectivity index (χ1v) is 5.25. The minimum absolute atomic E-state index is 0.181. The van der Waals surface area contributed by atoms with Crippen LogP contribution in [0.25, 0.3) is 11.0 Å². The van der Waals surface area contributed by atoms with E-state index in [-0.39, 0.29) is 5.78 Å². The Labute approximate surface area is 88.9 Å². The third-order valence-electron chi connectivity index (χ3n) is 2.53. The fourth-order valence-corrected chi connectivity index (χ4v) is 1.87. The van der Waals surface area contributed by atoms with Gasteiger partial charge in [-0.15, -0.1) is 0 Å². The lowest BCUT2D eigenvalue weighted by molar-refractivity contribution is 0.0981. The summed E-state index contributed by atoms with van der Waals surface area (Å²) in [5.74, 6) is 0.912. The Morgan fingerprint density at radius 3 is 2.80 bits per heavy atom. The molecule has 0 amide bonds. The molecule has 0 spiro atoms. The predicted molar refractivity (Wildman–Crippen MR) is 60.2 cm³/mol. The van der Waals surface area contributed by atoms with Gasteiger partial charge in [0.05, 0.1) is 5.56 Å². The number of fused-ring (bicyclic) bond motifs is 1. The van der Waals surface area contributed by atoms with Crippen molar-refractivity contribution in [2.45, 2.75) is 26.7 Å². The monoisotopic (exact) mass is 202 g/mol. The molecule has 2 rings (SSSR count). The molecule has 1 aromatic heterocycles. The number of aryl methyl sites for hydroxylation is 1. The van der Waals surface area contributed by atoms with Crippen LogP contribution in [0.4, 0.5) is 0 Å². The van der Waals surface area contributed by atoms with E-state index < -0.39 is 0 Å². The maximum atomic E-state index is 11.9. The summed E-state index contributed by atoms with van der Waals surface area (Å²) in [6.45, 7) is 3.86. The number of rotatable bonds is 3. The number of hydrogen-bond donors (Lipinski definition) is 0. The minimum Gasteiger partial charge on any atom is -0.461 e. The summed E-state index contributed by atoms with van der Waals surface area (Å²) < 4.78 is 5.55. The first-order valence-electron chi connectivity index (χ1n) is 5.25. The Hall–Kier alpha value is -1.57. The molecule has 0 bridgehead atoms. The highest BCUT2D eigenvalue weighted by atomic mass is 16.3. The Morgan fingerprint density at radius 1 is 1.33 bits per heavy atom. The van der Waals surface area contributed by atoms with Crippen LogP contribution in [-0.2, 0) is 0 Å². The molecule has 0 radical (unpaired) electrons. The lowest BCUT2D eigenvalue weighted by Crippen LogP contribution is -1.98. The number of furan rings is 1. The van der Waals surface area contributed by atoms with Crippen molar-refractivity contribution >= 4 is 16.8 Å². The molecule has 0 aliphatic rings. The molecule has 0 unspecified atom stereocenters. The Bertz CT molecular complexity index is 494. The predicted octanol–water partition coefficient (Wildman–Crippen LogP) is 3.72. The molecule has 2 nitrogen and oxygen atoms in total. The van der Waals surface area contributed by atoms with E-state index in [0.717, 1.165) is 28.7 Å². The maximum absolute atomic E-state index is 11.9. The summed E-state index contributed by atoms with van der Waals surface area (Å²) in [7, 11) is 0. The molecule has 0 atom stereocenters. The van der Waals surface area contributed by atoms with Gasteiger partial charge in [-0.1, -0.05) is 25.1 Å². The molecule has 0 fully saturated rings. The van der Waals surface area contributed by atoms with Gasteiger partial charge in [0, 0.05) is 11.8 Å². The Balaban J connectivity index is 2.58. The van der Waals surface area contributed by atoms with Crippen molar-refractivity contribution in [3.8, 4) is 0 Å². The van der Waals surface area contributed by atoms with Crippen LogP contribution in [0.15, 0.2) is 28.7 Å². The van der Waals surface area contributed by atoms with E-state index in [4.69, 9.17) is 4.42 Å². The van der Waals surface area contributed by atoms with E-state index >= 15 is 0 Å². The van der Waals surface area contributed by atoms with Crippen LogP contribution in [0.2, 0.25) is 0 Å². The molecule has 2 aromatic rings. The average Bonchev–Trinajstić information content (AvgIpc) is 2.54. The van der Waals surface area contributed by atoms with E-state index in [1.807, 2.05) is 38.1 Å². The molecule has 0 saturated carbocycles. The van der Waals surface area contributed by atoms with Crippen LogP contribution < -0.4 is 0 Å². The zero-order chi connectivity index (χ0) is 10.8. The fourth-order valence-electron chi connectivity index (χ4n) is 1.87. The molecule has 2 heteroatoms. The van der Waals surface area contributed by atoms with Crippen LogP contribution in [0, 0.1) is 6.92 Å². The number of Topliss-reactive ketones (excluding diaryl/α,β-unsaturated/α-hetero) is 1. The zero-order valence-corrected chi connectivity index (χ0v) is 9.04. The summed E-state index contributed by atoms with van der Waals surface area (Å²) in [6, 6.07) is 7.68. The van der Waals surface area contributed by atoms with Crippen molar-refractivity contribution in [1.82, 2.24) is 0 Å². The lowest BCUT2D eigenvalue weighted by Gasteiger charge is -1.96. The maximum Gasteiger partial charge on any atom is 0.166 e. The highest BCUT2D eigenvalue weighted by Crippen LogP contribution is 2.26. The average molecular weight is 202 g/mol. The van der Waals surface area contributed by atoms with Gasteiger partial charge in [0.25, 0.3) is 0 Å². The first kappa shape index (κ1) is 9.97. The number of ketones is 1. The minimum atomic E-state index is 0.181. The number of hydrogen-bond acceptors (Lipinski definition) is 2. The number of carbonyl (C=O) groups excluding carboxylic acids is 1. The summed E-state index contributed by atoms with van der Waals surface area (Å²) in [5.41, 5.74) is 1.56. The number of para-hydroxylation sites is 1. The van der Waals surface area contributed by atoms with E-state index in [1.165, 1.54) is 0 Å². The quantitative estimate of drug-likeness (QED) is 0.710. The van der Waals surface area contributed by atoms with Crippen LogP contribution in [0.1, 0.15) is 35.9 Å². The van der Waals surface area contributed by atoms with Gasteiger partial charge in [0.15, 0.2) is 5.78 Å². The normalized spacial score (nSPS) is 10.8. The van der Waals surface area contributed by atoms with Crippen molar-refractivity contribution in [3.63, 3.8) is 0 Å².